The van der Waals surface area contributed by atoms with Crippen LogP contribution in [0.15, 0.2) is 18.2 Å². The largest absolute Gasteiger partial charge is 0.480 e. The van der Waals surface area contributed by atoms with E-state index in [1.807, 2.05) is 0 Å². The number of hydrogen-bond donors (Lipinski definition) is 2. The summed E-state index contributed by atoms with van der Waals surface area (Å²) >= 11 is 0. The summed E-state index contributed by atoms with van der Waals surface area (Å²) in [5.41, 5.74) is -0.0626. The van der Waals surface area contributed by atoms with Gasteiger partial charge in [0, 0.05) is 13.1 Å². The number of rotatable bonds is 7. The number of halogens is 1. The van der Waals surface area contributed by atoms with Crippen molar-refractivity contribution in [2.75, 3.05) is 27.2 Å². The van der Waals surface area contributed by atoms with Gasteiger partial charge in [-0.3, -0.25) is 4.79 Å². The van der Waals surface area contributed by atoms with E-state index in [1.165, 1.54) is 13.2 Å². The second-order valence-corrected chi connectivity index (χ2v) is 4.29. The van der Waals surface area contributed by atoms with E-state index in [9.17, 15) is 14.0 Å². The van der Waals surface area contributed by atoms with Gasteiger partial charge in [0.1, 0.15) is 17.1 Å². The van der Waals surface area contributed by atoms with Gasteiger partial charge in [0.2, 0.25) is 0 Å². The van der Waals surface area contributed by atoms with Gasteiger partial charge in [0.05, 0.1) is 7.11 Å². The fourth-order valence-corrected chi connectivity index (χ4v) is 1.57. The summed E-state index contributed by atoms with van der Waals surface area (Å²) in [6.07, 6.45) is -0.823. The van der Waals surface area contributed by atoms with Gasteiger partial charge in [-0.05, 0) is 32.2 Å². The van der Waals surface area contributed by atoms with Crippen LogP contribution in [0.2, 0.25) is 0 Å². The fraction of sp³-hybridized carbons (Fsp3) is 0.429. The average Bonchev–Trinajstić information content (AvgIpc) is 2.48. The van der Waals surface area contributed by atoms with E-state index < -0.39 is 17.9 Å². The molecule has 21 heavy (non-hydrogen) atoms. The third kappa shape index (κ3) is 5.03. The minimum atomic E-state index is -0.823. The molecule has 1 amide bonds. The predicted molar refractivity (Wildman–Crippen MR) is 74.8 cm³/mol. The van der Waals surface area contributed by atoms with E-state index in [4.69, 9.17) is 4.74 Å². The quantitative estimate of drug-likeness (QED) is 0.573. The van der Waals surface area contributed by atoms with Crippen LogP contribution in [0.25, 0.3) is 0 Å². The van der Waals surface area contributed by atoms with Gasteiger partial charge >= 0.3 is 5.97 Å². The van der Waals surface area contributed by atoms with E-state index in [-0.39, 0.29) is 17.2 Å². The van der Waals surface area contributed by atoms with Crippen LogP contribution in [0, 0.1) is 5.82 Å². The molecule has 7 heteroatoms. The molecule has 0 aliphatic heterocycles. The first-order chi connectivity index (χ1) is 9.99. The number of esters is 1. The highest BCUT2D eigenvalue weighted by molar-refractivity contribution is 5.92. The number of carbonyl (C=O) groups is 2. The molecule has 1 aromatic carbocycles. The van der Waals surface area contributed by atoms with Crippen molar-refractivity contribution in [3.8, 4) is 5.75 Å². The SMILES string of the molecule is CNCCNC(=O)C(C)Oc1ccc(F)cc1C(=O)OC. The Hall–Kier alpha value is -2.15. The summed E-state index contributed by atoms with van der Waals surface area (Å²) in [6.45, 7) is 2.62. The van der Waals surface area contributed by atoms with Crippen LogP contribution in [-0.2, 0) is 9.53 Å². The fourth-order valence-electron chi connectivity index (χ4n) is 1.57. The molecule has 0 aromatic heterocycles. The van der Waals surface area contributed by atoms with E-state index in [0.29, 0.717) is 13.1 Å². The van der Waals surface area contributed by atoms with Crippen molar-refractivity contribution in [3.63, 3.8) is 0 Å². The number of nitrogens with one attached hydrogen (secondary N) is 2. The molecule has 0 aliphatic carbocycles. The van der Waals surface area contributed by atoms with Crippen LogP contribution < -0.4 is 15.4 Å². The summed E-state index contributed by atoms with van der Waals surface area (Å²) < 4.78 is 23.2. The smallest absolute Gasteiger partial charge is 0.341 e. The van der Waals surface area contributed by atoms with E-state index in [0.717, 1.165) is 12.1 Å². The number of amides is 1. The van der Waals surface area contributed by atoms with E-state index in [1.54, 1.807) is 14.0 Å². The summed E-state index contributed by atoms with van der Waals surface area (Å²) in [5.74, 6) is -1.55. The molecule has 0 fully saturated rings. The molecule has 1 aromatic rings. The maximum atomic E-state index is 13.2. The lowest BCUT2D eigenvalue weighted by Crippen LogP contribution is -2.39. The maximum Gasteiger partial charge on any atom is 0.341 e. The van der Waals surface area contributed by atoms with Gasteiger partial charge < -0.3 is 20.1 Å². The van der Waals surface area contributed by atoms with Crippen molar-refractivity contribution < 1.29 is 23.5 Å². The lowest BCUT2D eigenvalue weighted by atomic mass is 10.2. The zero-order chi connectivity index (χ0) is 15.8. The van der Waals surface area contributed by atoms with Crippen LogP contribution in [0.5, 0.6) is 5.75 Å². The highest BCUT2D eigenvalue weighted by atomic mass is 19.1. The second kappa shape index (κ2) is 8.21. The molecular weight excluding hydrogens is 279 g/mol. The molecule has 1 rings (SSSR count). The highest BCUT2D eigenvalue weighted by Gasteiger charge is 2.19. The standard InChI is InChI=1S/C14H19FN2O4/c1-9(13(18)17-7-6-16-2)21-12-5-4-10(15)8-11(12)14(19)20-3/h4-5,8-9,16H,6-7H2,1-3H3,(H,17,18). The number of carbonyl (C=O) groups excluding carboxylic acids is 2. The molecule has 0 radical (unpaired) electrons. The Morgan fingerprint density at radius 2 is 2.05 bits per heavy atom. The van der Waals surface area contributed by atoms with Crippen molar-refractivity contribution in [2.45, 2.75) is 13.0 Å². The molecule has 0 heterocycles. The van der Waals surface area contributed by atoms with Crippen LogP contribution in [0.1, 0.15) is 17.3 Å². The molecule has 0 saturated heterocycles. The van der Waals surface area contributed by atoms with Gasteiger partial charge in [-0.15, -0.1) is 0 Å². The zero-order valence-electron chi connectivity index (χ0n) is 12.2. The van der Waals surface area contributed by atoms with Gasteiger partial charge in [-0.1, -0.05) is 0 Å². The minimum Gasteiger partial charge on any atom is -0.480 e. The molecule has 6 nitrogen and oxygen atoms in total. The van der Waals surface area contributed by atoms with Crippen LogP contribution >= 0.6 is 0 Å². The maximum absolute atomic E-state index is 13.2. The number of methoxy groups -OCH3 is 1. The first kappa shape index (κ1) is 16.9. The van der Waals surface area contributed by atoms with Gasteiger partial charge in [-0.2, -0.15) is 0 Å². The van der Waals surface area contributed by atoms with E-state index >= 15 is 0 Å². The van der Waals surface area contributed by atoms with E-state index in [2.05, 4.69) is 15.4 Å². The van der Waals surface area contributed by atoms with Crippen molar-refractivity contribution in [3.05, 3.63) is 29.6 Å². The number of hydrogen-bond acceptors (Lipinski definition) is 5. The third-order valence-electron chi connectivity index (χ3n) is 2.69. The monoisotopic (exact) mass is 298 g/mol. The van der Waals surface area contributed by atoms with Gasteiger partial charge in [0.25, 0.3) is 5.91 Å². The van der Waals surface area contributed by atoms with Gasteiger partial charge in [0.15, 0.2) is 6.10 Å². The Morgan fingerprint density at radius 1 is 1.33 bits per heavy atom. The van der Waals surface area contributed by atoms with Crippen LogP contribution in [0.4, 0.5) is 4.39 Å². The summed E-state index contributed by atoms with van der Waals surface area (Å²) in [4.78, 5) is 23.4. The molecule has 0 saturated carbocycles. The first-order valence-electron chi connectivity index (χ1n) is 6.46. The number of ether oxygens (including phenoxy) is 2. The number of likely N-dealkylation sites (N-methyl/N-ethyl adjacent to an activating group) is 1. The summed E-state index contributed by atoms with van der Waals surface area (Å²) in [7, 11) is 2.96. The average molecular weight is 298 g/mol. The Kier molecular flexibility index (Phi) is 6.61. The third-order valence-corrected chi connectivity index (χ3v) is 2.69. The van der Waals surface area contributed by atoms with Crippen molar-refractivity contribution >= 4 is 11.9 Å². The molecule has 1 unspecified atom stereocenters. The molecular formula is C14H19FN2O4. The normalized spacial score (nSPS) is 11.6. The topological polar surface area (TPSA) is 76.7 Å². The Labute approximate surface area is 122 Å². The molecule has 116 valence electrons. The van der Waals surface area contributed by atoms with Crippen molar-refractivity contribution in [2.24, 2.45) is 0 Å². The Morgan fingerprint density at radius 3 is 2.67 bits per heavy atom. The molecule has 0 aliphatic rings. The molecule has 2 N–H and O–H groups in total. The summed E-state index contributed by atoms with van der Waals surface area (Å²) in [6, 6.07) is 3.44. The van der Waals surface area contributed by atoms with Crippen molar-refractivity contribution in [1.82, 2.24) is 10.6 Å². The molecule has 1 atom stereocenters. The minimum absolute atomic E-state index is 0.0626. The lowest BCUT2D eigenvalue weighted by molar-refractivity contribution is -0.127. The van der Waals surface area contributed by atoms with Crippen LogP contribution in [0.3, 0.4) is 0 Å². The van der Waals surface area contributed by atoms with Crippen molar-refractivity contribution in [1.29, 1.82) is 0 Å². The molecule has 0 spiro atoms. The summed E-state index contributed by atoms with van der Waals surface area (Å²) in [5, 5.41) is 5.55. The van der Waals surface area contributed by atoms with Crippen LogP contribution in [-0.4, -0.2) is 45.2 Å². The number of benzene rings is 1. The lowest BCUT2D eigenvalue weighted by Gasteiger charge is -2.16. The Balaban J connectivity index is 2.77. The zero-order valence-corrected chi connectivity index (χ0v) is 12.2. The predicted octanol–water partition coefficient (Wildman–Crippen LogP) is 0.715. The first-order valence-corrected chi connectivity index (χ1v) is 6.46. The second-order valence-electron chi connectivity index (χ2n) is 4.29. The highest BCUT2D eigenvalue weighted by Crippen LogP contribution is 2.21. The van der Waals surface area contributed by atoms with Gasteiger partial charge in [-0.25, -0.2) is 9.18 Å². The molecule has 0 bridgehead atoms. The Bertz CT molecular complexity index is 508.